The lowest BCUT2D eigenvalue weighted by Gasteiger charge is -2.15. The van der Waals surface area contributed by atoms with Gasteiger partial charge in [-0.25, -0.2) is 4.79 Å². The number of halogens is 4. The van der Waals surface area contributed by atoms with E-state index >= 15 is 0 Å². The van der Waals surface area contributed by atoms with Gasteiger partial charge >= 0.3 is 11.9 Å². The molecule has 0 aliphatic heterocycles. The van der Waals surface area contributed by atoms with Gasteiger partial charge in [-0.3, -0.25) is 9.59 Å². The van der Waals surface area contributed by atoms with Crippen LogP contribution in [0.4, 0.5) is 5.69 Å². The highest BCUT2D eigenvalue weighted by Gasteiger charge is 2.29. The number of unbranched alkanes of at least 4 members (excludes halogenated alkanes) is 6. The van der Waals surface area contributed by atoms with Crippen molar-refractivity contribution in [2.45, 2.75) is 58.3 Å². The van der Waals surface area contributed by atoms with Gasteiger partial charge in [0.1, 0.15) is 0 Å². The first-order valence-corrected chi connectivity index (χ1v) is 14.4. The summed E-state index contributed by atoms with van der Waals surface area (Å²) in [6, 6.07) is 12.7. The number of anilines is 1. The van der Waals surface area contributed by atoms with E-state index in [1.165, 1.54) is 38.5 Å². The van der Waals surface area contributed by atoms with E-state index in [2.05, 4.69) is 12.2 Å². The fourth-order valence-corrected chi connectivity index (χ4v) is 4.93. The quantitative estimate of drug-likeness (QED) is 0.0803. The molecule has 0 aliphatic rings. The molecule has 0 radical (unpaired) electrons. The van der Waals surface area contributed by atoms with E-state index in [-0.39, 0.29) is 32.1 Å². The topological polar surface area (TPSA) is 104 Å². The summed E-state index contributed by atoms with van der Waals surface area (Å²) in [5.74, 6) is -2.95. The number of hydrogen-bond acceptors (Lipinski definition) is 3. The zero-order chi connectivity index (χ0) is 29.7. The predicted molar refractivity (Wildman–Crippen MR) is 165 cm³/mol. The number of nitrogens with one attached hydrogen (secondary N) is 1. The Balaban J connectivity index is 0.000000342. The summed E-state index contributed by atoms with van der Waals surface area (Å²) in [7, 11) is 0. The van der Waals surface area contributed by atoms with Gasteiger partial charge in [0.25, 0.3) is 5.91 Å². The Hall–Kier alpha value is -2.77. The maximum atomic E-state index is 12.8. The number of hydrogen-bond donors (Lipinski definition) is 3. The minimum Gasteiger partial charge on any atom is -0.481 e. The van der Waals surface area contributed by atoms with Crippen LogP contribution < -0.4 is 5.32 Å². The fraction of sp³-hybridized carbons (Fsp3) is 0.300. The lowest BCUT2D eigenvalue weighted by molar-refractivity contribution is -0.136. The van der Waals surface area contributed by atoms with Gasteiger partial charge in [-0.2, -0.15) is 0 Å². The summed E-state index contributed by atoms with van der Waals surface area (Å²) in [6.45, 7) is 2.22. The molecule has 0 heterocycles. The number of rotatable bonds is 12. The monoisotopic (exact) mass is 625 g/mol. The van der Waals surface area contributed by atoms with Gasteiger partial charge in [-0.1, -0.05) is 134 Å². The van der Waals surface area contributed by atoms with Crippen molar-refractivity contribution in [2.75, 3.05) is 5.32 Å². The number of carboxylic acid groups (broad SMARTS) is 2. The van der Waals surface area contributed by atoms with Crippen molar-refractivity contribution < 1.29 is 24.6 Å². The van der Waals surface area contributed by atoms with Crippen LogP contribution in [0, 0.1) is 0 Å². The van der Waals surface area contributed by atoms with Crippen molar-refractivity contribution in [1.29, 1.82) is 0 Å². The van der Waals surface area contributed by atoms with Crippen molar-refractivity contribution in [3.8, 4) is 0 Å². The summed E-state index contributed by atoms with van der Waals surface area (Å²) in [5, 5.41) is 21.1. The fourth-order valence-electron chi connectivity index (χ4n) is 3.91. The number of aromatic carboxylic acids is 1. The Morgan fingerprint density at radius 3 is 2.00 bits per heavy atom. The molecule has 3 rings (SSSR count). The standard InChI is InChI=1S/C18H9Cl4NO3.C12H22O2/c19-13-11(12(18(25)26)14(20)16(22)15(13)21)17(24)23-10-7-3-5-8-4-1-2-6-9(8)10;1-2-3-4-5-6-7-8-9-10-11-12(13)14/h1-7H,(H,23,24)(H,25,26);9-10H,2-8,11H2,1H3,(H,13,14)/b;10-9+. The number of allylic oxidation sites excluding steroid dienone is 1. The van der Waals surface area contributed by atoms with Gasteiger partial charge in [-0.15, -0.1) is 0 Å². The van der Waals surface area contributed by atoms with E-state index < -0.39 is 23.4 Å². The lowest BCUT2D eigenvalue weighted by Crippen LogP contribution is -2.18. The predicted octanol–water partition coefficient (Wildman–Crippen LogP) is 10.2. The first-order valence-electron chi connectivity index (χ1n) is 12.8. The lowest BCUT2D eigenvalue weighted by atomic mass is 10.0. The average molecular weight is 627 g/mol. The molecule has 40 heavy (non-hydrogen) atoms. The first-order chi connectivity index (χ1) is 19.1. The number of amides is 1. The highest BCUT2D eigenvalue weighted by molar-refractivity contribution is 6.54. The third kappa shape index (κ3) is 9.70. The highest BCUT2D eigenvalue weighted by Crippen LogP contribution is 2.42. The normalized spacial score (nSPS) is 10.8. The van der Waals surface area contributed by atoms with Crippen LogP contribution in [0.2, 0.25) is 20.1 Å². The van der Waals surface area contributed by atoms with Crippen molar-refractivity contribution in [3.63, 3.8) is 0 Å². The van der Waals surface area contributed by atoms with Crippen LogP contribution in [0.3, 0.4) is 0 Å². The second-order valence-corrected chi connectivity index (χ2v) is 10.4. The summed E-state index contributed by atoms with van der Waals surface area (Å²) in [5.41, 5.74) is -0.377. The molecule has 214 valence electrons. The maximum Gasteiger partial charge on any atom is 0.338 e. The number of fused-ring (bicyclic) bond motifs is 1. The van der Waals surface area contributed by atoms with Crippen molar-refractivity contribution in [3.05, 3.63) is 85.8 Å². The van der Waals surface area contributed by atoms with E-state index in [1.54, 1.807) is 18.2 Å². The molecule has 0 bridgehead atoms. The van der Waals surface area contributed by atoms with Crippen LogP contribution in [-0.2, 0) is 4.79 Å². The smallest absolute Gasteiger partial charge is 0.338 e. The summed E-state index contributed by atoms with van der Waals surface area (Å²) >= 11 is 24.0. The summed E-state index contributed by atoms with van der Waals surface area (Å²) in [6.07, 6.45) is 12.7. The maximum absolute atomic E-state index is 12.8. The molecule has 0 fully saturated rings. The molecular weight excluding hydrogens is 596 g/mol. The number of benzene rings is 3. The largest absolute Gasteiger partial charge is 0.481 e. The molecule has 0 spiro atoms. The van der Waals surface area contributed by atoms with Gasteiger partial charge in [0.05, 0.1) is 37.6 Å². The van der Waals surface area contributed by atoms with E-state index in [0.717, 1.165) is 17.2 Å². The summed E-state index contributed by atoms with van der Waals surface area (Å²) < 4.78 is 0. The molecule has 0 saturated carbocycles. The van der Waals surface area contributed by atoms with Crippen molar-refractivity contribution >= 4 is 80.7 Å². The van der Waals surface area contributed by atoms with Crippen molar-refractivity contribution in [1.82, 2.24) is 0 Å². The number of carbonyl (C=O) groups is 3. The van der Waals surface area contributed by atoms with Gasteiger partial charge in [-0.05, 0) is 24.3 Å². The van der Waals surface area contributed by atoms with E-state index in [4.69, 9.17) is 51.5 Å². The van der Waals surface area contributed by atoms with Gasteiger partial charge < -0.3 is 15.5 Å². The molecule has 0 aliphatic carbocycles. The summed E-state index contributed by atoms with van der Waals surface area (Å²) in [4.78, 5) is 34.6. The molecule has 0 atom stereocenters. The molecular formula is C30H31Cl4NO5. The SMILES string of the molecule is CCCCCCCC/C=C/CC(=O)O.O=C(O)c1c(Cl)c(Cl)c(Cl)c(Cl)c1C(=O)Nc1cccc2ccccc12. The Bertz CT molecular complexity index is 1370. The minimum atomic E-state index is -1.45. The van der Waals surface area contributed by atoms with Gasteiger partial charge in [0.2, 0.25) is 0 Å². The minimum absolute atomic E-state index is 0.163. The number of carbonyl (C=O) groups excluding carboxylic acids is 1. The average Bonchev–Trinajstić information content (AvgIpc) is 2.93. The Morgan fingerprint density at radius 1 is 0.750 bits per heavy atom. The molecule has 3 aromatic carbocycles. The first kappa shape index (κ1) is 33.4. The third-order valence-corrected chi connectivity index (χ3v) is 7.73. The van der Waals surface area contributed by atoms with Crippen LogP contribution in [-0.4, -0.2) is 28.1 Å². The van der Waals surface area contributed by atoms with Gasteiger partial charge in [0, 0.05) is 11.1 Å². The molecule has 3 aromatic rings. The van der Waals surface area contributed by atoms with E-state index in [0.29, 0.717) is 5.69 Å². The van der Waals surface area contributed by atoms with Crippen LogP contribution in [0.25, 0.3) is 10.8 Å². The van der Waals surface area contributed by atoms with Crippen LogP contribution in [0.5, 0.6) is 0 Å². The molecule has 1 amide bonds. The highest BCUT2D eigenvalue weighted by atomic mass is 35.5. The molecule has 0 aromatic heterocycles. The molecule has 3 N–H and O–H groups in total. The van der Waals surface area contributed by atoms with Crippen LogP contribution in [0.15, 0.2) is 54.6 Å². The Morgan fingerprint density at radius 2 is 1.35 bits per heavy atom. The van der Waals surface area contributed by atoms with Crippen molar-refractivity contribution in [2.24, 2.45) is 0 Å². The molecule has 0 saturated heterocycles. The van der Waals surface area contributed by atoms with Gasteiger partial charge in [0.15, 0.2) is 0 Å². The van der Waals surface area contributed by atoms with E-state index in [1.807, 2.05) is 36.4 Å². The molecule has 10 heteroatoms. The third-order valence-electron chi connectivity index (χ3n) is 5.93. The zero-order valence-corrected chi connectivity index (χ0v) is 25.0. The number of carboxylic acids is 2. The zero-order valence-electron chi connectivity index (χ0n) is 22.0. The van der Waals surface area contributed by atoms with Crippen LogP contribution >= 0.6 is 46.4 Å². The second-order valence-electron chi connectivity index (χ2n) is 8.92. The van der Waals surface area contributed by atoms with Crippen LogP contribution in [0.1, 0.15) is 79.0 Å². The molecule has 0 unspecified atom stereocenters. The Kier molecular flexibility index (Phi) is 14.3. The Labute approximate surface area is 253 Å². The number of aliphatic carboxylic acids is 1. The van der Waals surface area contributed by atoms with E-state index in [9.17, 15) is 19.5 Å². The molecule has 6 nitrogen and oxygen atoms in total. The second kappa shape index (κ2) is 17.1.